The van der Waals surface area contributed by atoms with E-state index in [1.807, 2.05) is 6.92 Å². The van der Waals surface area contributed by atoms with Crippen molar-refractivity contribution in [3.8, 4) is 0 Å². The summed E-state index contributed by atoms with van der Waals surface area (Å²) in [4.78, 5) is 26.0. The molecule has 1 amide bonds. The van der Waals surface area contributed by atoms with Gasteiger partial charge in [-0.3, -0.25) is 9.69 Å². The lowest BCUT2D eigenvalue weighted by molar-refractivity contribution is -0.138. The minimum atomic E-state index is -3.65. The van der Waals surface area contributed by atoms with Gasteiger partial charge in [-0.15, -0.1) is 0 Å². The molecule has 27 heavy (non-hydrogen) atoms. The highest BCUT2D eigenvalue weighted by atomic mass is 32.2. The quantitative estimate of drug-likeness (QED) is 0.863. The van der Waals surface area contributed by atoms with Crippen LogP contribution in [0.4, 0.5) is 5.69 Å². The molecule has 1 unspecified atom stereocenters. The van der Waals surface area contributed by atoms with Crippen LogP contribution < -0.4 is 4.90 Å². The number of nitrogens with zero attached hydrogens (tertiary/aromatic N) is 2. The molecule has 0 saturated carbocycles. The van der Waals surface area contributed by atoms with Crippen LogP contribution in [0.1, 0.15) is 21.5 Å². The Balaban J connectivity index is 2.06. The first kappa shape index (κ1) is 19.1. The predicted molar refractivity (Wildman–Crippen MR) is 100 cm³/mol. The highest BCUT2D eigenvalue weighted by Crippen LogP contribution is 2.35. The molecule has 0 saturated heterocycles. The van der Waals surface area contributed by atoms with Gasteiger partial charge in [0.05, 0.1) is 4.90 Å². The Morgan fingerprint density at radius 2 is 1.74 bits per heavy atom. The van der Waals surface area contributed by atoms with Gasteiger partial charge in [0.2, 0.25) is 10.0 Å². The van der Waals surface area contributed by atoms with Crippen molar-refractivity contribution in [3.05, 3.63) is 59.2 Å². The molecular weight excluding hydrogens is 368 g/mol. The van der Waals surface area contributed by atoms with E-state index in [0.29, 0.717) is 16.8 Å². The normalized spacial score (nSPS) is 16.4. The number of amides is 1. The zero-order chi connectivity index (χ0) is 19.9. The number of aliphatic carboxylic acids is 1. The van der Waals surface area contributed by atoms with Gasteiger partial charge in [0.1, 0.15) is 6.04 Å². The largest absolute Gasteiger partial charge is 0.480 e. The van der Waals surface area contributed by atoms with Crippen LogP contribution in [0, 0.1) is 6.92 Å². The predicted octanol–water partition coefficient (Wildman–Crippen LogP) is 1.90. The van der Waals surface area contributed by atoms with Gasteiger partial charge in [-0.25, -0.2) is 17.5 Å². The van der Waals surface area contributed by atoms with Crippen molar-refractivity contribution in [2.45, 2.75) is 24.3 Å². The molecule has 2 aromatic carbocycles. The number of benzene rings is 2. The third-order valence-electron chi connectivity index (χ3n) is 4.62. The van der Waals surface area contributed by atoms with Crippen LogP contribution in [0.5, 0.6) is 0 Å². The number of hydrogen-bond acceptors (Lipinski definition) is 4. The number of fused-ring (bicyclic) bond motifs is 1. The fourth-order valence-electron chi connectivity index (χ4n) is 3.08. The average molecular weight is 388 g/mol. The Morgan fingerprint density at radius 3 is 2.30 bits per heavy atom. The van der Waals surface area contributed by atoms with Crippen molar-refractivity contribution in [2.24, 2.45) is 0 Å². The Bertz CT molecular complexity index is 1010. The molecule has 0 aliphatic carbocycles. The smallest absolute Gasteiger partial charge is 0.327 e. The topological polar surface area (TPSA) is 95.0 Å². The standard InChI is InChI=1S/C19H20N2O5S/c1-12-4-6-13(7-5-12)18(22)21-16-9-8-15(27(25,26)20(2)3)10-14(16)11-17(21)19(23)24/h4-10,17H,11H2,1-3H3,(H,23,24). The second kappa shape index (κ2) is 6.79. The van der Waals surface area contributed by atoms with Crippen LogP contribution in [0.2, 0.25) is 0 Å². The average Bonchev–Trinajstić information content (AvgIpc) is 3.00. The highest BCUT2D eigenvalue weighted by Gasteiger charge is 2.39. The van der Waals surface area contributed by atoms with E-state index in [1.54, 1.807) is 24.3 Å². The fraction of sp³-hybridized carbons (Fsp3) is 0.263. The van der Waals surface area contributed by atoms with Crippen LogP contribution in [0.25, 0.3) is 0 Å². The molecule has 0 fully saturated rings. The van der Waals surface area contributed by atoms with Crippen LogP contribution in [-0.2, 0) is 21.2 Å². The molecule has 7 nitrogen and oxygen atoms in total. The zero-order valence-electron chi connectivity index (χ0n) is 15.2. The summed E-state index contributed by atoms with van der Waals surface area (Å²) in [5, 5.41) is 9.59. The van der Waals surface area contributed by atoms with Gasteiger partial charge < -0.3 is 5.11 Å². The molecule has 2 aromatic rings. The van der Waals surface area contributed by atoms with Crippen molar-refractivity contribution in [3.63, 3.8) is 0 Å². The molecule has 142 valence electrons. The summed E-state index contributed by atoms with van der Waals surface area (Å²) in [7, 11) is -0.796. The molecule has 1 N–H and O–H groups in total. The van der Waals surface area contributed by atoms with Gasteiger partial charge in [-0.1, -0.05) is 17.7 Å². The lowest BCUT2D eigenvalue weighted by atomic mass is 10.1. The van der Waals surface area contributed by atoms with Crippen molar-refractivity contribution in [1.29, 1.82) is 0 Å². The van der Waals surface area contributed by atoms with Gasteiger partial charge in [0.25, 0.3) is 5.91 Å². The molecule has 1 heterocycles. The SMILES string of the molecule is Cc1ccc(C(=O)N2c3ccc(S(=O)(=O)N(C)C)cc3CC2C(=O)O)cc1. The second-order valence-electron chi connectivity index (χ2n) is 6.68. The third kappa shape index (κ3) is 3.33. The Kier molecular flexibility index (Phi) is 4.79. The van der Waals surface area contributed by atoms with Crippen LogP contribution in [0.15, 0.2) is 47.4 Å². The summed E-state index contributed by atoms with van der Waals surface area (Å²) in [5.41, 5.74) is 2.31. The Labute approximate surface area is 157 Å². The number of anilines is 1. The molecule has 1 atom stereocenters. The Morgan fingerprint density at radius 1 is 1.11 bits per heavy atom. The maximum atomic E-state index is 13.0. The molecule has 0 aromatic heterocycles. The van der Waals surface area contributed by atoms with Gasteiger partial charge in [-0.2, -0.15) is 0 Å². The molecular formula is C19H20N2O5S. The lowest BCUT2D eigenvalue weighted by Gasteiger charge is -2.23. The summed E-state index contributed by atoms with van der Waals surface area (Å²) >= 11 is 0. The van der Waals surface area contributed by atoms with E-state index in [-0.39, 0.29) is 11.3 Å². The number of carbonyl (C=O) groups excluding carboxylic acids is 1. The summed E-state index contributed by atoms with van der Waals surface area (Å²) in [6.45, 7) is 1.90. The first-order chi connectivity index (χ1) is 12.6. The number of carbonyl (C=O) groups is 2. The molecule has 0 spiro atoms. The van der Waals surface area contributed by atoms with E-state index in [0.717, 1.165) is 9.87 Å². The molecule has 0 radical (unpaired) electrons. The van der Waals surface area contributed by atoms with Gasteiger partial charge >= 0.3 is 5.97 Å². The maximum Gasteiger partial charge on any atom is 0.327 e. The Hall–Kier alpha value is -2.71. The minimum absolute atomic E-state index is 0.0546. The van der Waals surface area contributed by atoms with E-state index in [2.05, 4.69) is 0 Å². The lowest BCUT2D eigenvalue weighted by Crippen LogP contribution is -2.42. The summed E-state index contributed by atoms with van der Waals surface area (Å²) < 4.78 is 25.8. The minimum Gasteiger partial charge on any atom is -0.480 e. The van der Waals surface area contributed by atoms with Gasteiger partial charge in [0.15, 0.2) is 0 Å². The monoisotopic (exact) mass is 388 g/mol. The first-order valence-corrected chi connectivity index (χ1v) is 9.75. The maximum absolute atomic E-state index is 13.0. The van der Waals surface area contributed by atoms with Crippen molar-refractivity contribution in [1.82, 2.24) is 4.31 Å². The van der Waals surface area contributed by atoms with Crippen LogP contribution in [0.3, 0.4) is 0 Å². The van der Waals surface area contributed by atoms with E-state index in [1.165, 1.54) is 37.2 Å². The zero-order valence-corrected chi connectivity index (χ0v) is 16.0. The number of carboxylic acids is 1. The van der Waals surface area contributed by atoms with Crippen LogP contribution in [-0.4, -0.2) is 49.8 Å². The third-order valence-corrected chi connectivity index (χ3v) is 6.43. The first-order valence-electron chi connectivity index (χ1n) is 8.31. The summed E-state index contributed by atoms with van der Waals surface area (Å²) in [6.07, 6.45) is 0.0546. The summed E-state index contributed by atoms with van der Waals surface area (Å²) in [5.74, 6) is -1.56. The number of aryl methyl sites for hydroxylation is 1. The van der Waals surface area contributed by atoms with E-state index in [9.17, 15) is 23.1 Å². The molecule has 1 aliphatic heterocycles. The van der Waals surface area contributed by atoms with Gasteiger partial charge in [0, 0.05) is 31.8 Å². The van der Waals surface area contributed by atoms with E-state index in [4.69, 9.17) is 0 Å². The molecule has 0 bridgehead atoms. The van der Waals surface area contributed by atoms with Crippen molar-refractivity contribution >= 4 is 27.6 Å². The number of sulfonamides is 1. The molecule has 8 heteroatoms. The second-order valence-corrected chi connectivity index (χ2v) is 8.83. The van der Waals surface area contributed by atoms with Gasteiger partial charge in [-0.05, 0) is 42.8 Å². The summed E-state index contributed by atoms with van der Waals surface area (Å²) in [6, 6.07) is 10.1. The number of carboxylic acid groups (broad SMARTS) is 1. The highest BCUT2D eigenvalue weighted by molar-refractivity contribution is 7.89. The molecule has 1 aliphatic rings. The van der Waals surface area contributed by atoms with Crippen molar-refractivity contribution in [2.75, 3.05) is 19.0 Å². The number of rotatable bonds is 4. The van der Waals surface area contributed by atoms with Crippen molar-refractivity contribution < 1.29 is 23.1 Å². The van der Waals surface area contributed by atoms with E-state index >= 15 is 0 Å². The molecule has 3 rings (SSSR count). The van der Waals surface area contributed by atoms with E-state index < -0.39 is 27.9 Å². The fourth-order valence-corrected chi connectivity index (χ4v) is 4.04. The number of hydrogen-bond donors (Lipinski definition) is 1. The van der Waals surface area contributed by atoms with Crippen LogP contribution >= 0.6 is 0 Å².